The second-order valence-electron chi connectivity index (χ2n) is 6.94. The van der Waals surface area contributed by atoms with Gasteiger partial charge in [0.25, 0.3) is 0 Å². The van der Waals surface area contributed by atoms with Crippen LogP contribution in [0, 0.1) is 0 Å². The maximum atomic E-state index is 13.0. The Bertz CT molecular complexity index is 966. The number of morpholine rings is 1. The number of alkyl halides is 3. The van der Waals surface area contributed by atoms with Gasteiger partial charge in [-0.1, -0.05) is 12.1 Å². The average Bonchev–Trinajstić information content (AvgIpc) is 3.16. The zero-order valence-corrected chi connectivity index (χ0v) is 15.8. The summed E-state index contributed by atoms with van der Waals surface area (Å²) in [5, 5.41) is 7.69. The van der Waals surface area contributed by atoms with Crippen molar-refractivity contribution in [3.63, 3.8) is 0 Å². The molecule has 154 valence electrons. The van der Waals surface area contributed by atoms with E-state index in [2.05, 4.69) is 20.3 Å². The van der Waals surface area contributed by atoms with E-state index < -0.39 is 11.7 Å². The van der Waals surface area contributed by atoms with Crippen LogP contribution in [0.15, 0.2) is 42.7 Å². The number of halogens is 3. The van der Waals surface area contributed by atoms with Crippen molar-refractivity contribution < 1.29 is 17.9 Å². The zero-order chi connectivity index (χ0) is 20.3. The minimum absolute atomic E-state index is 0.437. The largest absolute Gasteiger partial charge is 0.416 e. The molecule has 4 rings (SSSR count). The van der Waals surface area contributed by atoms with Gasteiger partial charge in [-0.05, 0) is 36.7 Å². The maximum absolute atomic E-state index is 13.0. The molecule has 0 saturated carbocycles. The summed E-state index contributed by atoms with van der Waals surface area (Å²) < 4.78 is 46.1. The molecule has 3 heterocycles. The average molecular weight is 405 g/mol. The number of rotatable bonds is 6. The first-order chi connectivity index (χ1) is 14.0. The fraction of sp³-hybridized carbons (Fsp3) is 0.400. The highest BCUT2D eigenvalue weighted by atomic mass is 19.4. The van der Waals surface area contributed by atoms with Gasteiger partial charge in [-0.3, -0.25) is 4.90 Å². The monoisotopic (exact) mass is 405 g/mol. The molecule has 9 heteroatoms. The van der Waals surface area contributed by atoms with Crippen molar-refractivity contribution >= 4 is 11.5 Å². The van der Waals surface area contributed by atoms with Crippen LogP contribution < -0.4 is 5.32 Å². The molecule has 1 saturated heterocycles. The molecule has 29 heavy (non-hydrogen) atoms. The van der Waals surface area contributed by atoms with Gasteiger partial charge in [0, 0.05) is 31.4 Å². The molecule has 0 radical (unpaired) electrons. The van der Waals surface area contributed by atoms with Gasteiger partial charge in [0.05, 0.1) is 25.0 Å². The second-order valence-corrected chi connectivity index (χ2v) is 6.94. The van der Waals surface area contributed by atoms with E-state index in [0.29, 0.717) is 16.8 Å². The number of ether oxygens (including phenoxy) is 1. The Balaban J connectivity index is 1.48. The lowest BCUT2D eigenvalue weighted by Crippen LogP contribution is -2.37. The second kappa shape index (κ2) is 8.38. The van der Waals surface area contributed by atoms with E-state index in [9.17, 15) is 13.2 Å². The molecule has 0 amide bonds. The summed E-state index contributed by atoms with van der Waals surface area (Å²) in [5.41, 5.74) is 0.828. The Kier molecular flexibility index (Phi) is 5.68. The Morgan fingerprint density at radius 2 is 1.97 bits per heavy atom. The van der Waals surface area contributed by atoms with Crippen LogP contribution in [-0.2, 0) is 10.9 Å². The lowest BCUT2D eigenvalue weighted by molar-refractivity contribution is -0.137. The normalized spacial score (nSPS) is 15.7. The molecule has 1 aliphatic rings. The molecule has 0 atom stereocenters. The van der Waals surface area contributed by atoms with Crippen LogP contribution in [0.5, 0.6) is 0 Å². The molecular formula is C20H22F3N5O. The molecule has 0 unspecified atom stereocenters. The van der Waals surface area contributed by atoms with Crippen LogP contribution in [0.4, 0.5) is 19.0 Å². The molecule has 0 spiro atoms. The van der Waals surface area contributed by atoms with Gasteiger partial charge in [0.1, 0.15) is 5.82 Å². The molecule has 1 fully saturated rings. The van der Waals surface area contributed by atoms with Gasteiger partial charge in [-0.2, -0.15) is 22.8 Å². The first-order valence-corrected chi connectivity index (χ1v) is 9.57. The SMILES string of the molecule is FC(F)(F)c1cccc(-c2cnn3c(NCCCN4CCOCC4)ccnc23)c1. The predicted molar refractivity (Wildman–Crippen MR) is 104 cm³/mol. The maximum Gasteiger partial charge on any atom is 0.416 e. The quantitative estimate of drug-likeness (QED) is 0.636. The lowest BCUT2D eigenvalue weighted by atomic mass is 10.1. The number of hydrogen-bond acceptors (Lipinski definition) is 5. The highest BCUT2D eigenvalue weighted by Gasteiger charge is 2.30. The summed E-state index contributed by atoms with van der Waals surface area (Å²) in [5.74, 6) is 0.759. The topological polar surface area (TPSA) is 54.7 Å². The lowest BCUT2D eigenvalue weighted by Gasteiger charge is -2.26. The van der Waals surface area contributed by atoms with E-state index in [1.807, 2.05) is 6.07 Å². The first kappa shape index (κ1) is 19.7. The van der Waals surface area contributed by atoms with E-state index in [0.717, 1.165) is 63.8 Å². The molecule has 1 aliphatic heterocycles. The Hall–Kier alpha value is -2.65. The minimum atomic E-state index is -4.39. The number of aromatic nitrogens is 3. The molecule has 6 nitrogen and oxygen atoms in total. The van der Waals surface area contributed by atoms with Gasteiger partial charge < -0.3 is 10.1 Å². The highest BCUT2D eigenvalue weighted by Crippen LogP contribution is 2.33. The smallest absolute Gasteiger partial charge is 0.379 e. The summed E-state index contributed by atoms with van der Waals surface area (Å²) in [6, 6.07) is 7.03. The minimum Gasteiger partial charge on any atom is -0.379 e. The van der Waals surface area contributed by atoms with Crippen LogP contribution in [-0.4, -0.2) is 58.9 Å². The van der Waals surface area contributed by atoms with E-state index in [-0.39, 0.29) is 0 Å². The molecule has 1 N–H and O–H groups in total. The summed E-state index contributed by atoms with van der Waals surface area (Å²) >= 11 is 0. The predicted octanol–water partition coefficient (Wildman–Crippen LogP) is 3.55. The Labute approximate surface area is 166 Å². The van der Waals surface area contributed by atoms with E-state index in [1.165, 1.54) is 6.07 Å². The Morgan fingerprint density at radius 1 is 1.14 bits per heavy atom. The van der Waals surface area contributed by atoms with Crippen molar-refractivity contribution in [2.45, 2.75) is 12.6 Å². The van der Waals surface area contributed by atoms with Gasteiger partial charge in [0.15, 0.2) is 5.65 Å². The number of anilines is 1. The molecule has 3 aromatic rings. The van der Waals surface area contributed by atoms with Crippen molar-refractivity contribution in [2.75, 3.05) is 44.7 Å². The van der Waals surface area contributed by atoms with Crippen LogP contribution >= 0.6 is 0 Å². The fourth-order valence-corrected chi connectivity index (χ4v) is 3.44. The first-order valence-electron chi connectivity index (χ1n) is 9.57. The number of fused-ring (bicyclic) bond motifs is 1. The molecular weight excluding hydrogens is 383 g/mol. The van der Waals surface area contributed by atoms with Crippen molar-refractivity contribution in [3.05, 3.63) is 48.3 Å². The number of nitrogens with one attached hydrogen (secondary N) is 1. The van der Waals surface area contributed by atoms with Crippen LogP contribution in [0.25, 0.3) is 16.8 Å². The van der Waals surface area contributed by atoms with E-state index in [4.69, 9.17) is 4.74 Å². The van der Waals surface area contributed by atoms with E-state index >= 15 is 0 Å². The third-order valence-electron chi connectivity index (χ3n) is 4.96. The highest BCUT2D eigenvalue weighted by molar-refractivity contribution is 5.78. The number of hydrogen-bond donors (Lipinski definition) is 1. The summed E-state index contributed by atoms with van der Waals surface area (Å²) in [6.07, 6.45) is -0.236. The molecule has 0 bridgehead atoms. The van der Waals surface area contributed by atoms with Gasteiger partial charge in [0.2, 0.25) is 0 Å². The Morgan fingerprint density at radius 3 is 2.76 bits per heavy atom. The standard InChI is InChI=1S/C20H22F3N5O/c21-20(22,23)16-4-1-3-15(13-16)17-14-26-28-18(5-7-25-19(17)28)24-6-2-8-27-9-11-29-12-10-27/h1,3-5,7,13-14,24H,2,6,8-12H2. The number of nitrogens with zero attached hydrogens (tertiary/aromatic N) is 4. The van der Waals surface area contributed by atoms with Gasteiger partial charge >= 0.3 is 6.18 Å². The van der Waals surface area contributed by atoms with Gasteiger partial charge in [-0.25, -0.2) is 4.98 Å². The fourth-order valence-electron chi connectivity index (χ4n) is 3.44. The van der Waals surface area contributed by atoms with Crippen molar-refractivity contribution in [3.8, 4) is 11.1 Å². The van der Waals surface area contributed by atoms with Crippen LogP contribution in [0.3, 0.4) is 0 Å². The third kappa shape index (κ3) is 4.51. The molecule has 1 aromatic carbocycles. The van der Waals surface area contributed by atoms with Crippen LogP contribution in [0.2, 0.25) is 0 Å². The van der Waals surface area contributed by atoms with Gasteiger partial charge in [-0.15, -0.1) is 0 Å². The van der Waals surface area contributed by atoms with Crippen molar-refractivity contribution in [2.24, 2.45) is 0 Å². The van der Waals surface area contributed by atoms with Crippen molar-refractivity contribution in [1.82, 2.24) is 19.5 Å². The number of benzene rings is 1. The summed E-state index contributed by atoms with van der Waals surface area (Å²) in [6.45, 7) is 5.22. The molecule has 2 aromatic heterocycles. The zero-order valence-electron chi connectivity index (χ0n) is 15.8. The van der Waals surface area contributed by atoms with Crippen LogP contribution in [0.1, 0.15) is 12.0 Å². The summed E-state index contributed by atoms with van der Waals surface area (Å²) in [4.78, 5) is 6.70. The van der Waals surface area contributed by atoms with E-state index in [1.54, 1.807) is 23.0 Å². The van der Waals surface area contributed by atoms with Crippen molar-refractivity contribution in [1.29, 1.82) is 0 Å². The molecule has 0 aliphatic carbocycles. The summed E-state index contributed by atoms with van der Waals surface area (Å²) in [7, 11) is 0. The third-order valence-corrected chi connectivity index (χ3v) is 4.96.